The molecule has 1 unspecified atom stereocenters. The second-order valence-electron chi connectivity index (χ2n) is 8.20. The van der Waals surface area contributed by atoms with Crippen LogP contribution >= 0.6 is 0 Å². The molecule has 2 fully saturated rings. The van der Waals surface area contributed by atoms with Gasteiger partial charge in [0.25, 0.3) is 0 Å². The number of carbonyl (C=O) groups excluding carboxylic acids is 2. The van der Waals surface area contributed by atoms with E-state index in [0.29, 0.717) is 13.1 Å². The summed E-state index contributed by atoms with van der Waals surface area (Å²) in [5.41, 5.74) is 2.99. The van der Waals surface area contributed by atoms with Gasteiger partial charge in [-0.1, -0.05) is 35.9 Å². The third-order valence-electron chi connectivity index (χ3n) is 5.79. The van der Waals surface area contributed by atoms with Gasteiger partial charge < -0.3 is 15.0 Å². The smallest absolute Gasteiger partial charge is 0.229 e. The summed E-state index contributed by atoms with van der Waals surface area (Å²) < 4.78 is 6.02. The van der Waals surface area contributed by atoms with Crippen LogP contribution in [-0.2, 0) is 16.1 Å². The lowest BCUT2D eigenvalue weighted by atomic mass is 10.1. The molecule has 29 heavy (non-hydrogen) atoms. The molecule has 0 aromatic heterocycles. The standard InChI is InChI=1S/C24H28N2O3/c1-17-9-11-18(12-10-17)15-26-16-19(13-23(26)27)24(28)25-20-5-4-8-22(14-20)29-21-6-2-3-7-21/h4-5,8-12,14,19,21H,2-3,6-7,13,15-16H2,1H3,(H,25,28). The van der Waals surface area contributed by atoms with Crippen LogP contribution in [0.4, 0.5) is 5.69 Å². The molecule has 0 radical (unpaired) electrons. The lowest BCUT2D eigenvalue weighted by molar-refractivity contribution is -0.128. The highest BCUT2D eigenvalue weighted by atomic mass is 16.5. The fourth-order valence-electron chi connectivity index (χ4n) is 4.10. The van der Waals surface area contributed by atoms with Crippen LogP contribution in [0.15, 0.2) is 48.5 Å². The Morgan fingerprint density at radius 2 is 1.90 bits per heavy atom. The van der Waals surface area contributed by atoms with E-state index >= 15 is 0 Å². The molecule has 1 N–H and O–H groups in total. The molecule has 1 saturated carbocycles. The molecule has 1 heterocycles. The zero-order valence-electron chi connectivity index (χ0n) is 16.9. The Labute approximate surface area is 172 Å². The Hall–Kier alpha value is -2.82. The average Bonchev–Trinajstić information content (AvgIpc) is 3.34. The molecule has 1 aliphatic carbocycles. The quantitative estimate of drug-likeness (QED) is 0.797. The van der Waals surface area contributed by atoms with Gasteiger partial charge in [-0.05, 0) is 50.3 Å². The van der Waals surface area contributed by atoms with Crippen molar-refractivity contribution in [3.8, 4) is 5.75 Å². The maximum atomic E-state index is 12.7. The first kappa shape index (κ1) is 19.5. The summed E-state index contributed by atoms with van der Waals surface area (Å²) in [6, 6.07) is 15.7. The first-order chi connectivity index (χ1) is 14.1. The van der Waals surface area contributed by atoms with E-state index in [4.69, 9.17) is 4.74 Å². The topological polar surface area (TPSA) is 58.6 Å². The second-order valence-corrected chi connectivity index (χ2v) is 8.20. The first-order valence-electron chi connectivity index (χ1n) is 10.5. The summed E-state index contributed by atoms with van der Waals surface area (Å²) in [6.45, 7) is 3.05. The van der Waals surface area contributed by atoms with Crippen molar-refractivity contribution in [2.45, 2.75) is 51.7 Å². The van der Waals surface area contributed by atoms with Crippen LogP contribution in [0.25, 0.3) is 0 Å². The van der Waals surface area contributed by atoms with Crippen molar-refractivity contribution in [2.24, 2.45) is 5.92 Å². The number of hydrogen-bond acceptors (Lipinski definition) is 3. The van der Waals surface area contributed by atoms with Crippen LogP contribution in [0, 0.1) is 12.8 Å². The van der Waals surface area contributed by atoms with E-state index in [1.807, 2.05) is 55.5 Å². The van der Waals surface area contributed by atoms with E-state index in [0.717, 1.165) is 29.8 Å². The lowest BCUT2D eigenvalue weighted by Crippen LogP contribution is -2.28. The number of nitrogens with one attached hydrogen (secondary N) is 1. The number of nitrogens with zero attached hydrogens (tertiary/aromatic N) is 1. The zero-order valence-corrected chi connectivity index (χ0v) is 16.9. The summed E-state index contributed by atoms with van der Waals surface area (Å²) in [5, 5.41) is 2.96. The monoisotopic (exact) mass is 392 g/mol. The van der Waals surface area contributed by atoms with Gasteiger partial charge in [-0.3, -0.25) is 9.59 Å². The zero-order chi connectivity index (χ0) is 20.2. The normalized spacial score (nSPS) is 19.6. The average molecular weight is 392 g/mol. The van der Waals surface area contributed by atoms with Crippen molar-refractivity contribution in [1.29, 1.82) is 0 Å². The fraction of sp³-hybridized carbons (Fsp3) is 0.417. The van der Waals surface area contributed by atoms with Gasteiger partial charge >= 0.3 is 0 Å². The van der Waals surface area contributed by atoms with E-state index in [2.05, 4.69) is 5.32 Å². The van der Waals surface area contributed by atoms with E-state index in [1.54, 1.807) is 4.90 Å². The summed E-state index contributed by atoms with van der Waals surface area (Å²) in [4.78, 5) is 26.9. The minimum absolute atomic E-state index is 0.0315. The van der Waals surface area contributed by atoms with Gasteiger partial charge in [0.2, 0.25) is 11.8 Å². The van der Waals surface area contributed by atoms with Crippen LogP contribution in [0.5, 0.6) is 5.75 Å². The number of anilines is 1. The van der Waals surface area contributed by atoms with E-state index in [9.17, 15) is 9.59 Å². The first-order valence-corrected chi connectivity index (χ1v) is 10.5. The number of amides is 2. The van der Waals surface area contributed by atoms with Gasteiger partial charge in [0.1, 0.15) is 5.75 Å². The Bertz CT molecular complexity index is 872. The highest BCUT2D eigenvalue weighted by Crippen LogP contribution is 2.27. The second kappa shape index (κ2) is 8.68. The summed E-state index contributed by atoms with van der Waals surface area (Å²) in [5.74, 6) is 0.386. The largest absolute Gasteiger partial charge is 0.490 e. The van der Waals surface area contributed by atoms with Crippen molar-refractivity contribution < 1.29 is 14.3 Å². The molecule has 152 valence electrons. The summed E-state index contributed by atoms with van der Waals surface area (Å²) in [7, 11) is 0. The van der Waals surface area contributed by atoms with Gasteiger partial charge in [-0.2, -0.15) is 0 Å². The molecule has 1 aliphatic heterocycles. The number of rotatable bonds is 6. The molecular formula is C24H28N2O3. The fourth-order valence-corrected chi connectivity index (χ4v) is 4.10. The SMILES string of the molecule is Cc1ccc(CN2CC(C(=O)Nc3cccc(OC4CCCC4)c3)CC2=O)cc1. The molecule has 4 rings (SSSR count). The van der Waals surface area contributed by atoms with Gasteiger partial charge in [-0.15, -0.1) is 0 Å². The minimum atomic E-state index is -0.327. The maximum absolute atomic E-state index is 12.7. The van der Waals surface area contributed by atoms with Crippen LogP contribution < -0.4 is 10.1 Å². The Kier molecular flexibility index (Phi) is 5.84. The number of aryl methyl sites for hydroxylation is 1. The molecule has 2 amide bonds. The van der Waals surface area contributed by atoms with E-state index in [1.165, 1.54) is 18.4 Å². The molecular weight excluding hydrogens is 364 g/mol. The molecule has 0 spiro atoms. The van der Waals surface area contributed by atoms with Crippen molar-refractivity contribution in [3.05, 3.63) is 59.7 Å². The van der Waals surface area contributed by atoms with Crippen LogP contribution in [-0.4, -0.2) is 29.4 Å². The van der Waals surface area contributed by atoms with Gasteiger partial charge in [0.05, 0.1) is 12.0 Å². The van der Waals surface area contributed by atoms with Crippen molar-refractivity contribution >= 4 is 17.5 Å². The molecule has 2 aromatic carbocycles. The molecule has 2 aromatic rings. The minimum Gasteiger partial charge on any atom is -0.490 e. The van der Waals surface area contributed by atoms with Crippen molar-refractivity contribution in [1.82, 2.24) is 4.90 Å². The Morgan fingerprint density at radius 1 is 1.14 bits per heavy atom. The summed E-state index contributed by atoms with van der Waals surface area (Å²) >= 11 is 0. The number of likely N-dealkylation sites (tertiary alicyclic amines) is 1. The molecule has 2 aliphatic rings. The van der Waals surface area contributed by atoms with Gasteiger partial charge in [0.15, 0.2) is 0 Å². The van der Waals surface area contributed by atoms with E-state index < -0.39 is 0 Å². The van der Waals surface area contributed by atoms with Gasteiger partial charge in [-0.25, -0.2) is 0 Å². The van der Waals surface area contributed by atoms with Crippen molar-refractivity contribution in [3.63, 3.8) is 0 Å². The molecule has 1 saturated heterocycles. The molecule has 0 bridgehead atoms. The van der Waals surface area contributed by atoms with Gasteiger partial charge in [0, 0.05) is 31.3 Å². The highest BCUT2D eigenvalue weighted by Gasteiger charge is 2.34. The predicted octanol–water partition coefficient (Wildman–Crippen LogP) is 4.30. The lowest BCUT2D eigenvalue weighted by Gasteiger charge is -2.17. The highest BCUT2D eigenvalue weighted by molar-refractivity contribution is 5.97. The third kappa shape index (κ3) is 4.97. The Morgan fingerprint density at radius 3 is 2.66 bits per heavy atom. The van der Waals surface area contributed by atoms with Crippen LogP contribution in [0.3, 0.4) is 0 Å². The number of carbonyl (C=O) groups is 2. The van der Waals surface area contributed by atoms with Crippen LogP contribution in [0.2, 0.25) is 0 Å². The van der Waals surface area contributed by atoms with Crippen molar-refractivity contribution in [2.75, 3.05) is 11.9 Å². The predicted molar refractivity (Wildman–Crippen MR) is 113 cm³/mol. The number of benzene rings is 2. The molecule has 5 heteroatoms. The van der Waals surface area contributed by atoms with E-state index in [-0.39, 0.29) is 30.3 Å². The molecule has 1 atom stereocenters. The number of ether oxygens (including phenoxy) is 1. The van der Waals surface area contributed by atoms with Crippen LogP contribution in [0.1, 0.15) is 43.2 Å². The third-order valence-corrected chi connectivity index (χ3v) is 5.79. The Balaban J connectivity index is 1.34. The number of hydrogen-bond donors (Lipinski definition) is 1. The maximum Gasteiger partial charge on any atom is 0.229 e. The summed E-state index contributed by atoms with van der Waals surface area (Å²) in [6.07, 6.45) is 5.17. The molecule has 5 nitrogen and oxygen atoms in total.